The molecule has 0 spiro atoms. The number of hydrogen-bond donors (Lipinski definition) is 1. The molecular formula is C10H13NOS. The van der Waals surface area contributed by atoms with Crippen LogP contribution in [0.4, 0.5) is 0 Å². The van der Waals surface area contributed by atoms with E-state index in [1.165, 1.54) is 12.0 Å². The highest BCUT2D eigenvalue weighted by Gasteiger charge is 2.01. The van der Waals surface area contributed by atoms with Gasteiger partial charge in [-0.3, -0.25) is 0 Å². The SMILES string of the molecule is COSC1=CC=C(C(C)=N)C=CC1. The van der Waals surface area contributed by atoms with Crippen molar-refractivity contribution in [2.24, 2.45) is 0 Å². The Bertz CT molecular complexity index is 289. The van der Waals surface area contributed by atoms with Crippen molar-refractivity contribution in [1.29, 1.82) is 5.41 Å². The fraction of sp³-hybridized carbons (Fsp3) is 0.300. The summed E-state index contributed by atoms with van der Waals surface area (Å²) in [4.78, 5) is 1.16. The molecule has 0 aromatic rings. The zero-order chi connectivity index (χ0) is 9.68. The van der Waals surface area contributed by atoms with Crippen molar-refractivity contribution < 1.29 is 4.18 Å². The highest BCUT2D eigenvalue weighted by molar-refractivity contribution is 7.98. The van der Waals surface area contributed by atoms with Gasteiger partial charge in [0.1, 0.15) is 0 Å². The summed E-state index contributed by atoms with van der Waals surface area (Å²) < 4.78 is 4.96. The minimum atomic E-state index is 0.594. The van der Waals surface area contributed by atoms with Gasteiger partial charge in [-0.15, -0.1) is 0 Å². The largest absolute Gasteiger partial charge is 0.314 e. The molecule has 13 heavy (non-hydrogen) atoms. The highest BCUT2D eigenvalue weighted by atomic mass is 32.2. The van der Waals surface area contributed by atoms with Crippen LogP contribution in [0, 0.1) is 5.41 Å². The van der Waals surface area contributed by atoms with E-state index in [4.69, 9.17) is 9.59 Å². The normalized spacial score (nSPS) is 16.2. The monoisotopic (exact) mass is 195 g/mol. The van der Waals surface area contributed by atoms with Crippen molar-refractivity contribution in [1.82, 2.24) is 0 Å². The molecule has 0 aromatic heterocycles. The molecule has 0 bridgehead atoms. The van der Waals surface area contributed by atoms with Crippen LogP contribution in [0.25, 0.3) is 0 Å². The van der Waals surface area contributed by atoms with Crippen LogP contribution in [0.5, 0.6) is 0 Å². The van der Waals surface area contributed by atoms with Gasteiger partial charge in [-0.2, -0.15) is 0 Å². The van der Waals surface area contributed by atoms with E-state index in [1.807, 2.05) is 18.2 Å². The first kappa shape index (κ1) is 10.3. The van der Waals surface area contributed by atoms with Gasteiger partial charge in [0.15, 0.2) is 0 Å². The van der Waals surface area contributed by atoms with Gasteiger partial charge in [-0.25, -0.2) is 0 Å². The molecule has 0 unspecified atom stereocenters. The van der Waals surface area contributed by atoms with Crippen LogP contribution in [0.3, 0.4) is 0 Å². The quantitative estimate of drug-likeness (QED) is 0.554. The molecule has 0 radical (unpaired) electrons. The van der Waals surface area contributed by atoms with Crippen LogP contribution >= 0.6 is 12.0 Å². The van der Waals surface area contributed by atoms with E-state index in [-0.39, 0.29) is 0 Å². The van der Waals surface area contributed by atoms with Crippen LogP contribution in [-0.2, 0) is 4.18 Å². The van der Waals surface area contributed by atoms with Crippen molar-refractivity contribution in [3.63, 3.8) is 0 Å². The minimum absolute atomic E-state index is 0.594. The molecule has 1 aliphatic carbocycles. The van der Waals surface area contributed by atoms with Crippen LogP contribution in [0.15, 0.2) is 34.8 Å². The van der Waals surface area contributed by atoms with Gasteiger partial charge in [0, 0.05) is 22.7 Å². The molecule has 0 aliphatic heterocycles. The molecule has 0 fully saturated rings. The Morgan fingerprint density at radius 1 is 1.54 bits per heavy atom. The summed E-state index contributed by atoms with van der Waals surface area (Å²) in [6.07, 6.45) is 8.86. The number of allylic oxidation sites excluding steroid dienone is 6. The van der Waals surface area contributed by atoms with Gasteiger partial charge in [-0.1, -0.05) is 18.2 Å². The second kappa shape index (κ2) is 5.04. The summed E-state index contributed by atoms with van der Waals surface area (Å²) in [5.74, 6) is 0. The van der Waals surface area contributed by atoms with Crippen molar-refractivity contribution in [2.75, 3.05) is 7.11 Å². The highest BCUT2D eigenvalue weighted by Crippen LogP contribution is 2.22. The second-order valence-corrected chi connectivity index (χ2v) is 3.76. The van der Waals surface area contributed by atoms with Crippen LogP contribution in [0.1, 0.15) is 13.3 Å². The summed E-state index contributed by atoms with van der Waals surface area (Å²) in [5, 5.41) is 7.47. The van der Waals surface area contributed by atoms with Crippen LogP contribution in [-0.4, -0.2) is 12.8 Å². The van der Waals surface area contributed by atoms with Crippen LogP contribution in [0.2, 0.25) is 0 Å². The van der Waals surface area contributed by atoms with Gasteiger partial charge in [0.25, 0.3) is 0 Å². The average Bonchev–Trinajstić information content (AvgIpc) is 2.30. The predicted molar refractivity (Wildman–Crippen MR) is 57.9 cm³/mol. The summed E-state index contributed by atoms with van der Waals surface area (Å²) in [6.45, 7) is 1.79. The van der Waals surface area contributed by atoms with Crippen molar-refractivity contribution >= 4 is 17.8 Å². The van der Waals surface area contributed by atoms with E-state index in [2.05, 4.69) is 6.08 Å². The summed E-state index contributed by atoms with van der Waals surface area (Å²) in [5.41, 5.74) is 1.56. The summed E-state index contributed by atoms with van der Waals surface area (Å²) in [6, 6.07) is 0. The molecule has 0 aromatic carbocycles. The fourth-order valence-corrected chi connectivity index (χ4v) is 1.53. The molecule has 0 amide bonds. The predicted octanol–water partition coefficient (Wildman–Crippen LogP) is 3.09. The molecule has 3 heteroatoms. The van der Waals surface area contributed by atoms with E-state index < -0.39 is 0 Å². The molecule has 0 atom stereocenters. The van der Waals surface area contributed by atoms with E-state index >= 15 is 0 Å². The lowest BCUT2D eigenvalue weighted by Gasteiger charge is -1.97. The Kier molecular flexibility index (Phi) is 3.99. The second-order valence-electron chi connectivity index (χ2n) is 2.74. The number of rotatable bonds is 3. The molecule has 70 valence electrons. The first-order valence-electron chi connectivity index (χ1n) is 4.07. The maximum absolute atomic E-state index is 7.47. The average molecular weight is 195 g/mol. The van der Waals surface area contributed by atoms with E-state index in [0.717, 1.165) is 16.9 Å². The number of hydrogen-bond acceptors (Lipinski definition) is 3. The zero-order valence-electron chi connectivity index (χ0n) is 7.83. The Labute approximate surface area is 83.1 Å². The van der Waals surface area contributed by atoms with Crippen molar-refractivity contribution in [3.05, 3.63) is 34.8 Å². The molecule has 0 heterocycles. The fourth-order valence-electron chi connectivity index (χ4n) is 1.03. The maximum atomic E-state index is 7.47. The van der Waals surface area contributed by atoms with E-state index in [1.54, 1.807) is 14.0 Å². The molecular weight excluding hydrogens is 182 g/mol. The lowest BCUT2D eigenvalue weighted by Crippen LogP contribution is -1.89. The maximum Gasteiger partial charge on any atom is 0.0508 e. The molecule has 1 aliphatic rings. The number of nitrogens with one attached hydrogen (secondary N) is 1. The molecule has 1 N–H and O–H groups in total. The van der Waals surface area contributed by atoms with Gasteiger partial charge in [-0.05, 0) is 25.0 Å². The minimum Gasteiger partial charge on any atom is -0.314 e. The topological polar surface area (TPSA) is 33.1 Å². The van der Waals surface area contributed by atoms with Crippen LogP contribution < -0.4 is 0 Å². The first-order chi connectivity index (χ1) is 6.24. The van der Waals surface area contributed by atoms with Gasteiger partial charge < -0.3 is 9.59 Å². The zero-order valence-corrected chi connectivity index (χ0v) is 8.65. The van der Waals surface area contributed by atoms with Crippen molar-refractivity contribution in [3.8, 4) is 0 Å². The summed E-state index contributed by atoms with van der Waals surface area (Å²) >= 11 is 1.37. The Morgan fingerprint density at radius 3 is 2.92 bits per heavy atom. The summed E-state index contributed by atoms with van der Waals surface area (Å²) in [7, 11) is 1.66. The third kappa shape index (κ3) is 3.20. The van der Waals surface area contributed by atoms with Gasteiger partial charge in [0.2, 0.25) is 0 Å². The molecule has 2 nitrogen and oxygen atoms in total. The van der Waals surface area contributed by atoms with Gasteiger partial charge >= 0.3 is 0 Å². The lowest BCUT2D eigenvalue weighted by atomic mass is 10.1. The van der Waals surface area contributed by atoms with E-state index in [0.29, 0.717) is 5.71 Å². The molecule has 1 rings (SSSR count). The third-order valence-corrected chi connectivity index (χ3v) is 2.37. The Morgan fingerprint density at radius 2 is 2.31 bits per heavy atom. The first-order valence-corrected chi connectivity index (χ1v) is 4.82. The lowest BCUT2D eigenvalue weighted by molar-refractivity contribution is 0.492. The molecule has 0 saturated carbocycles. The van der Waals surface area contributed by atoms with Gasteiger partial charge in [0.05, 0.1) is 7.11 Å². The molecule has 0 saturated heterocycles. The van der Waals surface area contributed by atoms with Crippen molar-refractivity contribution in [2.45, 2.75) is 13.3 Å². The Hall–Kier alpha value is -0.800. The standard InChI is InChI=1S/C10H13NOS/c1-8(11)9-4-3-5-10(7-6-9)13-12-2/h3-4,6-7,11H,5H2,1-2H3. The smallest absolute Gasteiger partial charge is 0.0508 e. The third-order valence-electron chi connectivity index (χ3n) is 1.69. The Balaban J connectivity index is 2.76. The van der Waals surface area contributed by atoms with E-state index in [9.17, 15) is 0 Å².